The molecular formula is C22H25FN4O3. The van der Waals surface area contributed by atoms with Gasteiger partial charge in [-0.25, -0.2) is 9.18 Å². The van der Waals surface area contributed by atoms with Crippen LogP contribution in [0.3, 0.4) is 0 Å². The molecule has 2 aromatic rings. The molecule has 1 heterocycles. The fourth-order valence-electron chi connectivity index (χ4n) is 3.56. The molecule has 1 saturated heterocycles. The molecule has 158 valence electrons. The topological polar surface area (TPSA) is 105 Å². The lowest BCUT2D eigenvalue weighted by molar-refractivity contribution is -0.123. The number of rotatable bonds is 6. The lowest BCUT2D eigenvalue weighted by Gasteiger charge is -2.35. The Kier molecular flexibility index (Phi) is 7.00. The van der Waals surface area contributed by atoms with E-state index in [0.29, 0.717) is 18.5 Å². The highest BCUT2D eigenvalue weighted by molar-refractivity contribution is 5.94. The average molecular weight is 412 g/mol. The van der Waals surface area contributed by atoms with Crippen LogP contribution in [-0.2, 0) is 4.79 Å². The number of halogens is 1. The SMILES string of the molecule is NC(=O)N1CCCCC1NC(=O)CC(NC(=O)c1ccc(F)cc1)c1ccccc1. The van der Waals surface area contributed by atoms with Gasteiger partial charge in [0.05, 0.1) is 12.5 Å². The number of primary amides is 1. The van der Waals surface area contributed by atoms with Crippen molar-refractivity contribution in [3.8, 4) is 0 Å². The van der Waals surface area contributed by atoms with Gasteiger partial charge in [-0.2, -0.15) is 0 Å². The Labute approximate surface area is 174 Å². The summed E-state index contributed by atoms with van der Waals surface area (Å²) in [7, 11) is 0. The monoisotopic (exact) mass is 412 g/mol. The summed E-state index contributed by atoms with van der Waals surface area (Å²) in [6, 6.07) is 13.2. The number of likely N-dealkylation sites (tertiary alicyclic amines) is 1. The van der Waals surface area contributed by atoms with Crippen LogP contribution in [0.5, 0.6) is 0 Å². The third kappa shape index (κ3) is 5.56. The Balaban J connectivity index is 1.71. The number of amides is 4. The number of urea groups is 1. The molecule has 0 bridgehead atoms. The van der Waals surface area contributed by atoms with E-state index in [1.807, 2.05) is 30.3 Å². The van der Waals surface area contributed by atoms with Crippen LogP contribution in [0.2, 0.25) is 0 Å². The Morgan fingerprint density at radius 3 is 2.43 bits per heavy atom. The van der Waals surface area contributed by atoms with Gasteiger partial charge in [0.25, 0.3) is 5.91 Å². The van der Waals surface area contributed by atoms with E-state index in [2.05, 4.69) is 10.6 Å². The maximum absolute atomic E-state index is 13.1. The minimum Gasteiger partial charge on any atom is -0.351 e. The molecule has 1 aliphatic rings. The Hall–Kier alpha value is -3.42. The highest BCUT2D eigenvalue weighted by Crippen LogP contribution is 2.19. The summed E-state index contributed by atoms with van der Waals surface area (Å²) in [6.07, 6.45) is 1.90. The molecule has 0 aromatic heterocycles. The summed E-state index contributed by atoms with van der Waals surface area (Å²) in [5.74, 6) is -1.15. The molecule has 8 heteroatoms. The van der Waals surface area contributed by atoms with Crippen LogP contribution in [-0.4, -0.2) is 35.5 Å². The van der Waals surface area contributed by atoms with E-state index in [-0.39, 0.29) is 12.3 Å². The summed E-state index contributed by atoms with van der Waals surface area (Å²) in [6.45, 7) is 0.504. The fourth-order valence-corrected chi connectivity index (χ4v) is 3.56. The van der Waals surface area contributed by atoms with E-state index in [9.17, 15) is 18.8 Å². The highest BCUT2D eigenvalue weighted by Gasteiger charge is 2.28. The smallest absolute Gasteiger partial charge is 0.316 e. The standard InChI is InChI=1S/C22H25FN4O3/c23-17-11-9-16(10-12-17)21(29)25-18(15-6-2-1-3-7-15)14-20(28)26-19-8-4-5-13-27(19)22(24)30/h1-3,6-7,9-12,18-19H,4-5,8,13-14H2,(H2,24,30)(H,25,29)(H,26,28). The fraction of sp³-hybridized carbons (Fsp3) is 0.318. The predicted molar refractivity (Wildman–Crippen MR) is 110 cm³/mol. The molecule has 0 saturated carbocycles. The summed E-state index contributed by atoms with van der Waals surface area (Å²) >= 11 is 0. The quantitative estimate of drug-likeness (QED) is 0.679. The largest absolute Gasteiger partial charge is 0.351 e. The molecule has 4 N–H and O–H groups in total. The normalized spacial score (nSPS) is 17.1. The molecule has 2 atom stereocenters. The first-order chi connectivity index (χ1) is 14.4. The molecule has 2 aromatic carbocycles. The number of piperidine rings is 1. The van der Waals surface area contributed by atoms with Crippen molar-refractivity contribution in [2.45, 2.75) is 37.9 Å². The van der Waals surface area contributed by atoms with Gasteiger partial charge in [-0.15, -0.1) is 0 Å². The number of carbonyl (C=O) groups excluding carboxylic acids is 3. The van der Waals surface area contributed by atoms with E-state index in [1.54, 1.807) is 0 Å². The zero-order valence-electron chi connectivity index (χ0n) is 16.5. The van der Waals surface area contributed by atoms with Gasteiger partial charge in [0.15, 0.2) is 0 Å². The molecular weight excluding hydrogens is 387 g/mol. The lowest BCUT2D eigenvalue weighted by atomic mass is 10.0. The van der Waals surface area contributed by atoms with E-state index in [0.717, 1.165) is 18.4 Å². The molecule has 3 rings (SSSR count). The van der Waals surface area contributed by atoms with Crippen LogP contribution < -0.4 is 16.4 Å². The van der Waals surface area contributed by atoms with Gasteiger partial charge in [0, 0.05) is 12.1 Å². The van der Waals surface area contributed by atoms with Crippen LogP contribution in [0.25, 0.3) is 0 Å². The molecule has 4 amide bonds. The van der Waals surface area contributed by atoms with Crippen molar-refractivity contribution in [1.82, 2.24) is 15.5 Å². The Morgan fingerprint density at radius 1 is 1.07 bits per heavy atom. The Bertz CT molecular complexity index is 889. The highest BCUT2D eigenvalue weighted by atomic mass is 19.1. The van der Waals surface area contributed by atoms with Crippen LogP contribution in [0, 0.1) is 5.82 Å². The second-order valence-corrected chi connectivity index (χ2v) is 7.26. The molecule has 1 fully saturated rings. The second-order valence-electron chi connectivity index (χ2n) is 7.26. The van der Waals surface area contributed by atoms with Crippen molar-refractivity contribution < 1.29 is 18.8 Å². The minimum atomic E-state index is -0.589. The van der Waals surface area contributed by atoms with Crippen molar-refractivity contribution in [2.75, 3.05) is 6.54 Å². The van der Waals surface area contributed by atoms with Gasteiger partial charge in [0.1, 0.15) is 12.0 Å². The van der Waals surface area contributed by atoms with E-state index in [4.69, 9.17) is 5.73 Å². The van der Waals surface area contributed by atoms with Gasteiger partial charge in [-0.1, -0.05) is 30.3 Å². The third-order valence-corrected chi connectivity index (χ3v) is 5.12. The van der Waals surface area contributed by atoms with Crippen molar-refractivity contribution in [3.63, 3.8) is 0 Å². The first kappa shape index (κ1) is 21.3. The maximum atomic E-state index is 13.1. The van der Waals surface area contributed by atoms with E-state index in [1.165, 1.54) is 29.2 Å². The van der Waals surface area contributed by atoms with Crippen LogP contribution in [0.4, 0.5) is 9.18 Å². The summed E-state index contributed by atoms with van der Waals surface area (Å²) < 4.78 is 13.1. The van der Waals surface area contributed by atoms with Gasteiger partial charge in [-0.3, -0.25) is 9.59 Å². The number of benzene rings is 2. The maximum Gasteiger partial charge on any atom is 0.316 e. The van der Waals surface area contributed by atoms with Gasteiger partial charge < -0.3 is 21.3 Å². The number of carbonyl (C=O) groups is 3. The molecule has 1 aliphatic heterocycles. The number of hydrogen-bond donors (Lipinski definition) is 3. The summed E-state index contributed by atoms with van der Waals surface area (Å²) in [4.78, 5) is 38.4. The molecule has 30 heavy (non-hydrogen) atoms. The summed E-state index contributed by atoms with van der Waals surface area (Å²) in [5, 5.41) is 5.70. The molecule has 0 radical (unpaired) electrons. The van der Waals surface area contributed by atoms with E-state index < -0.39 is 30.0 Å². The van der Waals surface area contributed by atoms with Crippen molar-refractivity contribution in [2.24, 2.45) is 5.73 Å². The number of hydrogen-bond acceptors (Lipinski definition) is 3. The predicted octanol–water partition coefficient (Wildman–Crippen LogP) is 2.69. The average Bonchev–Trinajstić information content (AvgIpc) is 2.74. The van der Waals surface area contributed by atoms with Gasteiger partial charge in [-0.05, 0) is 49.1 Å². The van der Waals surface area contributed by atoms with Gasteiger partial charge in [0.2, 0.25) is 5.91 Å². The molecule has 0 aliphatic carbocycles. The second kappa shape index (κ2) is 9.87. The van der Waals surface area contributed by atoms with E-state index >= 15 is 0 Å². The summed E-state index contributed by atoms with van der Waals surface area (Å²) in [5.41, 5.74) is 6.48. The molecule has 0 spiro atoms. The van der Waals surface area contributed by atoms with Crippen molar-refractivity contribution in [1.29, 1.82) is 0 Å². The van der Waals surface area contributed by atoms with Gasteiger partial charge >= 0.3 is 6.03 Å². The zero-order chi connectivity index (χ0) is 21.5. The van der Waals surface area contributed by atoms with Crippen LogP contribution in [0.15, 0.2) is 54.6 Å². The van der Waals surface area contributed by atoms with Crippen molar-refractivity contribution in [3.05, 3.63) is 71.5 Å². The number of nitrogens with two attached hydrogens (primary N) is 1. The zero-order valence-corrected chi connectivity index (χ0v) is 16.5. The molecule has 7 nitrogen and oxygen atoms in total. The first-order valence-electron chi connectivity index (χ1n) is 9.91. The number of nitrogens with one attached hydrogen (secondary N) is 2. The van der Waals surface area contributed by atoms with Crippen LogP contribution in [0.1, 0.15) is 47.6 Å². The number of nitrogens with zero attached hydrogens (tertiary/aromatic N) is 1. The third-order valence-electron chi connectivity index (χ3n) is 5.12. The Morgan fingerprint density at radius 2 is 1.77 bits per heavy atom. The van der Waals surface area contributed by atoms with Crippen molar-refractivity contribution >= 4 is 17.8 Å². The van der Waals surface area contributed by atoms with Crippen LogP contribution >= 0.6 is 0 Å². The minimum absolute atomic E-state index is 0.0138. The molecule has 2 unspecified atom stereocenters. The lowest BCUT2D eigenvalue weighted by Crippen LogP contribution is -2.55. The first-order valence-corrected chi connectivity index (χ1v) is 9.91.